The summed E-state index contributed by atoms with van der Waals surface area (Å²) in [6.45, 7) is 0. The van der Waals surface area contributed by atoms with E-state index in [0.717, 1.165) is 0 Å². The zero-order valence-electron chi connectivity index (χ0n) is 9.65. The van der Waals surface area contributed by atoms with E-state index in [1.807, 2.05) is 0 Å². The third kappa shape index (κ3) is 2.07. The lowest BCUT2D eigenvalue weighted by molar-refractivity contribution is 0.617. The molecule has 0 saturated carbocycles. The van der Waals surface area contributed by atoms with Crippen molar-refractivity contribution in [2.45, 2.75) is 5.88 Å². The van der Waals surface area contributed by atoms with Crippen LogP contribution < -0.4 is 0 Å². The van der Waals surface area contributed by atoms with Crippen molar-refractivity contribution in [1.82, 2.24) is 14.5 Å². The fourth-order valence-corrected chi connectivity index (χ4v) is 2.30. The molecule has 0 N–H and O–H groups in total. The summed E-state index contributed by atoms with van der Waals surface area (Å²) >= 11 is 11.8. The van der Waals surface area contributed by atoms with Gasteiger partial charge in [-0.2, -0.15) is 0 Å². The predicted octanol–water partition coefficient (Wildman–Crippen LogP) is 3.95. The van der Waals surface area contributed by atoms with Crippen molar-refractivity contribution in [3.05, 3.63) is 53.2 Å². The van der Waals surface area contributed by atoms with Crippen LogP contribution in [-0.4, -0.2) is 14.5 Å². The van der Waals surface area contributed by atoms with Gasteiger partial charge in [-0.25, -0.2) is 14.4 Å². The highest BCUT2D eigenvalue weighted by Crippen LogP contribution is 2.25. The molecule has 0 radical (unpaired) electrons. The van der Waals surface area contributed by atoms with Crippen molar-refractivity contribution in [1.29, 1.82) is 0 Å². The normalized spacial score (nSPS) is 11.1. The average molecular weight is 296 g/mol. The summed E-state index contributed by atoms with van der Waals surface area (Å²) in [5.41, 5.74) is 1.51. The first kappa shape index (κ1) is 12.4. The number of rotatable bonds is 2. The minimum atomic E-state index is -0.402. The van der Waals surface area contributed by atoms with Gasteiger partial charge in [0.2, 0.25) is 0 Å². The number of hydrogen-bond acceptors (Lipinski definition) is 2. The molecule has 96 valence electrons. The van der Waals surface area contributed by atoms with Crippen LogP contribution in [0.25, 0.3) is 16.9 Å². The van der Waals surface area contributed by atoms with Crippen LogP contribution in [0, 0.1) is 5.82 Å². The Balaban J connectivity index is 2.37. The van der Waals surface area contributed by atoms with Gasteiger partial charge in [0.15, 0.2) is 5.65 Å². The fourth-order valence-electron chi connectivity index (χ4n) is 1.96. The van der Waals surface area contributed by atoms with Gasteiger partial charge in [0.1, 0.15) is 17.2 Å². The smallest absolute Gasteiger partial charge is 0.164 e. The SMILES string of the molecule is Fc1ccc(Cl)cc1-n1c(CCl)nc2cccnc21. The zero-order valence-corrected chi connectivity index (χ0v) is 11.2. The van der Waals surface area contributed by atoms with E-state index in [4.69, 9.17) is 23.2 Å². The van der Waals surface area contributed by atoms with Gasteiger partial charge in [-0.15, -0.1) is 11.6 Å². The van der Waals surface area contributed by atoms with Gasteiger partial charge in [-0.05, 0) is 30.3 Å². The molecule has 6 heteroatoms. The summed E-state index contributed by atoms with van der Waals surface area (Å²) in [7, 11) is 0. The Morgan fingerprint density at radius 2 is 2.11 bits per heavy atom. The van der Waals surface area contributed by atoms with E-state index in [-0.39, 0.29) is 5.88 Å². The minimum Gasteiger partial charge on any atom is -0.277 e. The van der Waals surface area contributed by atoms with Crippen molar-refractivity contribution in [3.8, 4) is 5.69 Å². The highest BCUT2D eigenvalue weighted by Gasteiger charge is 2.15. The third-order valence-electron chi connectivity index (χ3n) is 2.75. The van der Waals surface area contributed by atoms with Gasteiger partial charge in [0, 0.05) is 11.2 Å². The summed E-state index contributed by atoms with van der Waals surface area (Å²) in [6, 6.07) is 7.91. The summed E-state index contributed by atoms with van der Waals surface area (Å²) < 4.78 is 15.6. The quantitative estimate of drug-likeness (QED) is 0.670. The van der Waals surface area contributed by atoms with E-state index < -0.39 is 5.82 Å². The Morgan fingerprint density at radius 3 is 2.89 bits per heavy atom. The van der Waals surface area contributed by atoms with Gasteiger partial charge in [-0.3, -0.25) is 4.57 Å². The lowest BCUT2D eigenvalue weighted by Gasteiger charge is -2.08. The number of pyridine rings is 1. The number of hydrogen-bond donors (Lipinski definition) is 0. The first-order valence-electron chi connectivity index (χ1n) is 5.54. The van der Waals surface area contributed by atoms with E-state index in [1.165, 1.54) is 18.2 Å². The Hall–Kier alpha value is -1.65. The molecule has 0 spiro atoms. The van der Waals surface area contributed by atoms with Crippen LogP contribution in [0.4, 0.5) is 4.39 Å². The summed E-state index contributed by atoms with van der Waals surface area (Å²) in [6.07, 6.45) is 1.63. The Labute approximate surface area is 118 Å². The standard InChI is InChI=1S/C13H8Cl2FN3/c14-7-12-18-10-2-1-5-17-13(10)19(12)11-6-8(15)3-4-9(11)16/h1-6H,7H2. The van der Waals surface area contributed by atoms with Crippen LogP contribution in [0.1, 0.15) is 5.82 Å². The van der Waals surface area contributed by atoms with Crippen molar-refractivity contribution in [3.63, 3.8) is 0 Å². The molecule has 0 aliphatic rings. The second-order valence-electron chi connectivity index (χ2n) is 3.94. The number of benzene rings is 1. The van der Waals surface area contributed by atoms with Gasteiger partial charge in [0.05, 0.1) is 11.6 Å². The van der Waals surface area contributed by atoms with E-state index >= 15 is 0 Å². The topological polar surface area (TPSA) is 30.7 Å². The average Bonchev–Trinajstić information content (AvgIpc) is 2.80. The van der Waals surface area contributed by atoms with Crippen LogP contribution in [-0.2, 0) is 5.88 Å². The number of aromatic nitrogens is 3. The largest absolute Gasteiger partial charge is 0.277 e. The predicted molar refractivity (Wildman–Crippen MR) is 73.4 cm³/mol. The molecule has 19 heavy (non-hydrogen) atoms. The van der Waals surface area contributed by atoms with Crippen molar-refractivity contribution in [2.24, 2.45) is 0 Å². The second-order valence-corrected chi connectivity index (χ2v) is 4.64. The molecule has 0 aliphatic heterocycles. The molecule has 2 heterocycles. The molecule has 1 aromatic carbocycles. The minimum absolute atomic E-state index is 0.155. The van der Waals surface area contributed by atoms with Crippen LogP contribution in [0.5, 0.6) is 0 Å². The maximum atomic E-state index is 14.0. The monoisotopic (exact) mass is 295 g/mol. The van der Waals surface area contributed by atoms with E-state index in [9.17, 15) is 4.39 Å². The van der Waals surface area contributed by atoms with Gasteiger partial charge < -0.3 is 0 Å². The van der Waals surface area contributed by atoms with Gasteiger partial charge in [-0.1, -0.05) is 11.6 Å². The zero-order chi connectivity index (χ0) is 13.4. The number of imidazole rings is 1. The Kier molecular flexibility index (Phi) is 3.12. The molecule has 0 atom stereocenters. The van der Waals surface area contributed by atoms with Crippen molar-refractivity contribution >= 4 is 34.4 Å². The van der Waals surface area contributed by atoms with E-state index in [2.05, 4.69) is 9.97 Å². The van der Waals surface area contributed by atoms with Crippen molar-refractivity contribution < 1.29 is 4.39 Å². The van der Waals surface area contributed by atoms with Crippen molar-refractivity contribution in [2.75, 3.05) is 0 Å². The maximum Gasteiger partial charge on any atom is 0.164 e. The molecule has 0 saturated heterocycles. The van der Waals surface area contributed by atoms with Crippen LogP contribution in [0.15, 0.2) is 36.5 Å². The molecule has 3 aromatic rings. The molecule has 0 unspecified atom stereocenters. The molecule has 3 rings (SSSR count). The Bertz CT molecular complexity index is 755. The van der Waals surface area contributed by atoms with Crippen LogP contribution in [0.2, 0.25) is 5.02 Å². The third-order valence-corrected chi connectivity index (χ3v) is 3.23. The molecular formula is C13H8Cl2FN3. The highest BCUT2D eigenvalue weighted by molar-refractivity contribution is 6.30. The number of alkyl halides is 1. The first-order valence-corrected chi connectivity index (χ1v) is 6.45. The lowest BCUT2D eigenvalue weighted by atomic mass is 10.3. The number of fused-ring (bicyclic) bond motifs is 1. The molecule has 0 fully saturated rings. The first-order chi connectivity index (χ1) is 9.20. The van der Waals surface area contributed by atoms with Gasteiger partial charge >= 0.3 is 0 Å². The van der Waals surface area contributed by atoms with E-state index in [0.29, 0.717) is 27.7 Å². The molecule has 3 nitrogen and oxygen atoms in total. The molecule has 0 aliphatic carbocycles. The molecule has 0 amide bonds. The molecular weight excluding hydrogens is 288 g/mol. The van der Waals surface area contributed by atoms with Gasteiger partial charge in [0.25, 0.3) is 0 Å². The number of halogens is 3. The fraction of sp³-hybridized carbons (Fsp3) is 0.0769. The molecule has 0 bridgehead atoms. The highest BCUT2D eigenvalue weighted by atomic mass is 35.5. The van der Waals surface area contributed by atoms with Crippen LogP contribution >= 0.6 is 23.2 Å². The van der Waals surface area contributed by atoms with E-state index in [1.54, 1.807) is 22.9 Å². The Morgan fingerprint density at radius 1 is 1.26 bits per heavy atom. The molecule has 2 aromatic heterocycles. The van der Waals surface area contributed by atoms with Crippen LogP contribution in [0.3, 0.4) is 0 Å². The summed E-state index contributed by atoms with van der Waals surface area (Å²) in [5, 5.41) is 0.440. The number of nitrogens with zero attached hydrogens (tertiary/aromatic N) is 3. The second kappa shape index (κ2) is 4.79. The summed E-state index contributed by atoms with van der Waals surface area (Å²) in [4.78, 5) is 8.57. The lowest BCUT2D eigenvalue weighted by Crippen LogP contribution is -2.03. The maximum absolute atomic E-state index is 14.0. The summed E-state index contributed by atoms with van der Waals surface area (Å²) in [5.74, 6) is 0.278.